The molecule has 0 spiro atoms. The molecule has 12 heteroatoms. The lowest BCUT2D eigenvalue weighted by atomic mass is 10.2. The van der Waals surface area contributed by atoms with E-state index in [0.717, 1.165) is 0 Å². The van der Waals surface area contributed by atoms with E-state index in [1.165, 1.54) is 31.0 Å². The molecule has 0 aliphatic rings. The number of hydrogen-bond acceptors (Lipinski definition) is 7. The van der Waals surface area contributed by atoms with Crippen molar-refractivity contribution in [3.05, 3.63) is 62.9 Å². The number of nitrogens with zero attached hydrogens (tertiary/aromatic N) is 3. The number of esters is 1. The van der Waals surface area contributed by atoms with Gasteiger partial charge in [-0.1, -0.05) is 46.6 Å². The number of benzene rings is 2. The van der Waals surface area contributed by atoms with E-state index >= 15 is 0 Å². The first kappa shape index (κ1) is 24.2. The molecule has 8 nitrogen and oxygen atoms in total. The van der Waals surface area contributed by atoms with Crippen molar-refractivity contribution in [1.29, 1.82) is 0 Å². The minimum Gasteiger partial charge on any atom is -0.484 e. The fraction of sp³-hybridized carbons (Fsp3) is 0.200. The first-order chi connectivity index (χ1) is 15.3. The molecule has 0 aliphatic heterocycles. The number of halogens is 3. The second kappa shape index (κ2) is 10.9. The van der Waals surface area contributed by atoms with Crippen LogP contribution < -0.4 is 10.1 Å². The lowest BCUT2D eigenvalue weighted by Gasteiger charge is -2.09. The fourth-order valence-corrected chi connectivity index (χ4v) is 3.92. The Morgan fingerprint density at radius 3 is 2.59 bits per heavy atom. The van der Waals surface area contributed by atoms with Gasteiger partial charge in [-0.2, -0.15) is 0 Å². The molecule has 1 amide bonds. The topological polar surface area (TPSA) is 95.3 Å². The summed E-state index contributed by atoms with van der Waals surface area (Å²) in [6, 6.07) is 9.49. The third kappa shape index (κ3) is 6.07. The van der Waals surface area contributed by atoms with Crippen LogP contribution in [0.25, 0.3) is 0 Å². The Morgan fingerprint density at radius 1 is 1.09 bits per heavy atom. The third-order valence-corrected chi connectivity index (χ3v) is 6.04. The number of carbonyl (C=O) groups excluding carboxylic acids is 2. The maximum absolute atomic E-state index is 12.3. The second-order valence-corrected chi connectivity index (χ2v) is 8.54. The number of anilines is 1. The Bertz CT molecular complexity index is 1160. The molecule has 0 radical (unpaired) electrons. The van der Waals surface area contributed by atoms with Crippen molar-refractivity contribution in [1.82, 2.24) is 14.8 Å². The minimum atomic E-state index is -0.589. The third-order valence-electron chi connectivity index (χ3n) is 4.16. The minimum absolute atomic E-state index is 0.0754. The highest BCUT2D eigenvalue weighted by atomic mass is 35.5. The summed E-state index contributed by atoms with van der Waals surface area (Å²) in [6.45, 7) is 0.138. The number of aromatic nitrogens is 3. The molecular weight excluding hydrogens is 499 g/mol. The Kier molecular flexibility index (Phi) is 8.25. The van der Waals surface area contributed by atoms with Gasteiger partial charge < -0.3 is 19.4 Å². The molecule has 3 rings (SSSR count). The van der Waals surface area contributed by atoms with Crippen molar-refractivity contribution in [2.75, 3.05) is 18.2 Å². The zero-order valence-electron chi connectivity index (χ0n) is 16.9. The van der Waals surface area contributed by atoms with Gasteiger partial charge in [0, 0.05) is 17.8 Å². The zero-order valence-corrected chi connectivity index (χ0v) is 20.0. The van der Waals surface area contributed by atoms with Crippen LogP contribution in [0.4, 0.5) is 5.69 Å². The van der Waals surface area contributed by atoms with E-state index in [1.54, 1.807) is 35.9 Å². The molecule has 0 aliphatic carbocycles. The number of carbonyl (C=O) groups is 2. The first-order valence-electron chi connectivity index (χ1n) is 9.05. The molecule has 2 aromatic carbocycles. The number of ether oxygens (including phenoxy) is 2. The van der Waals surface area contributed by atoms with Gasteiger partial charge in [-0.25, -0.2) is 4.79 Å². The van der Waals surface area contributed by atoms with Crippen LogP contribution in [-0.4, -0.2) is 39.5 Å². The molecule has 1 N–H and O–H groups in total. The van der Waals surface area contributed by atoms with E-state index in [1.807, 2.05) is 0 Å². The summed E-state index contributed by atoms with van der Waals surface area (Å²) >= 11 is 19.2. The number of nitrogens with one attached hydrogen (secondary N) is 1. The molecule has 0 saturated heterocycles. The van der Waals surface area contributed by atoms with Crippen molar-refractivity contribution in [3.63, 3.8) is 0 Å². The van der Waals surface area contributed by atoms with E-state index in [-0.39, 0.29) is 28.9 Å². The standard InChI is InChI=1S/C20H17Cl3N4O4S/c1-27-17(9-31-16-6-3-11(21)7-15(16)23)25-26-20(27)32-10-18(28)24-12-4-5-14(22)13(8-12)19(29)30-2/h3-8H,9-10H2,1-2H3,(H,24,28). The monoisotopic (exact) mass is 514 g/mol. The molecule has 1 heterocycles. The maximum Gasteiger partial charge on any atom is 0.339 e. The summed E-state index contributed by atoms with van der Waals surface area (Å²) in [4.78, 5) is 24.1. The highest BCUT2D eigenvalue weighted by molar-refractivity contribution is 7.99. The normalized spacial score (nSPS) is 10.7. The van der Waals surface area contributed by atoms with Gasteiger partial charge in [0.1, 0.15) is 12.4 Å². The largest absolute Gasteiger partial charge is 0.484 e. The van der Waals surface area contributed by atoms with Gasteiger partial charge in [0.25, 0.3) is 0 Å². The smallest absolute Gasteiger partial charge is 0.339 e. The van der Waals surface area contributed by atoms with Crippen molar-refractivity contribution < 1.29 is 19.1 Å². The number of rotatable bonds is 8. The summed E-state index contributed by atoms with van der Waals surface area (Å²) < 4.78 is 12.1. The summed E-state index contributed by atoms with van der Waals surface area (Å²) in [7, 11) is 3.02. The van der Waals surface area contributed by atoms with E-state index < -0.39 is 5.97 Å². The Hall–Kier alpha value is -2.46. The van der Waals surface area contributed by atoms with Crippen molar-refractivity contribution in [2.45, 2.75) is 11.8 Å². The lowest BCUT2D eigenvalue weighted by Crippen LogP contribution is -2.15. The predicted octanol–water partition coefficient (Wildman–Crippen LogP) is 4.87. The van der Waals surface area contributed by atoms with Crippen LogP contribution in [0.1, 0.15) is 16.2 Å². The quantitative estimate of drug-likeness (QED) is 0.338. The summed E-state index contributed by atoms with van der Waals surface area (Å²) in [5.74, 6) is 0.226. The molecule has 168 valence electrons. The molecule has 0 atom stereocenters. The Balaban J connectivity index is 1.56. The SMILES string of the molecule is COC(=O)c1cc(NC(=O)CSc2nnc(COc3ccc(Cl)cc3Cl)n2C)ccc1Cl. The molecule has 1 aromatic heterocycles. The Morgan fingerprint density at radius 2 is 1.88 bits per heavy atom. The van der Waals surface area contributed by atoms with Gasteiger partial charge in [0.05, 0.1) is 28.5 Å². The van der Waals surface area contributed by atoms with Crippen LogP contribution in [0.3, 0.4) is 0 Å². The van der Waals surface area contributed by atoms with E-state index in [9.17, 15) is 9.59 Å². The van der Waals surface area contributed by atoms with Gasteiger partial charge in [0.2, 0.25) is 5.91 Å². The van der Waals surface area contributed by atoms with Crippen molar-refractivity contribution in [3.8, 4) is 5.75 Å². The molecular formula is C20H17Cl3N4O4S. The maximum atomic E-state index is 12.3. The average Bonchev–Trinajstić information content (AvgIpc) is 3.12. The number of amides is 1. The van der Waals surface area contributed by atoms with E-state index in [4.69, 9.17) is 39.5 Å². The Labute approximate surface area is 203 Å². The van der Waals surface area contributed by atoms with Gasteiger partial charge >= 0.3 is 5.97 Å². The number of thioether (sulfide) groups is 1. The molecule has 0 bridgehead atoms. The summed E-state index contributed by atoms with van der Waals surface area (Å²) in [5.41, 5.74) is 0.589. The van der Waals surface area contributed by atoms with Gasteiger partial charge in [0.15, 0.2) is 11.0 Å². The van der Waals surface area contributed by atoms with Crippen LogP contribution in [0.2, 0.25) is 15.1 Å². The van der Waals surface area contributed by atoms with Crippen LogP contribution in [0.15, 0.2) is 41.6 Å². The highest BCUT2D eigenvalue weighted by Gasteiger charge is 2.15. The van der Waals surface area contributed by atoms with Crippen molar-refractivity contribution >= 4 is 64.1 Å². The van der Waals surface area contributed by atoms with Crippen molar-refractivity contribution in [2.24, 2.45) is 7.05 Å². The van der Waals surface area contributed by atoms with Crippen LogP contribution in [0, 0.1) is 0 Å². The summed E-state index contributed by atoms with van der Waals surface area (Å²) in [5, 5.41) is 12.6. The van der Waals surface area contributed by atoms with E-state index in [2.05, 4.69) is 20.3 Å². The molecule has 0 saturated carbocycles. The number of hydrogen-bond donors (Lipinski definition) is 1. The highest BCUT2D eigenvalue weighted by Crippen LogP contribution is 2.28. The predicted molar refractivity (Wildman–Crippen MR) is 124 cm³/mol. The summed E-state index contributed by atoms with van der Waals surface area (Å²) in [6.07, 6.45) is 0. The van der Waals surface area contributed by atoms with Crippen LogP contribution >= 0.6 is 46.6 Å². The van der Waals surface area contributed by atoms with Gasteiger partial charge in [-0.05, 0) is 36.4 Å². The van der Waals surface area contributed by atoms with Crippen LogP contribution in [0.5, 0.6) is 5.75 Å². The average molecular weight is 516 g/mol. The molecule has 3 aromatic rings. The lowest BCUT2D eigenvalue weighted by molar-refractivity contribution is -0.113. The van der Waals surface area contributed by atoms with Gasteiger partial charge in [-0.3, -0.25) is 4.79 Å². The molecule has 0 fully saturated rings. The zero-order chi connectivity index (χ0) is 23.3. The van der Waals surface area contributed by atoms with Gasteiger partial charge in [-0.15, -0.1) is 10.2 Å². The molecule has 0 unspecified atom stereocenters. The fourth-order valence-electron chi connectivity index (χ4n) is 2.53. The second-order valence-electron chi connectivity index (χ2n) is 6.34. The molecule has 32 heavy (non-hydrogen) atoms. The first-order valence-corrected chi connectivity index (χ1v) is 11.2. The number of methoxy groups -OCH3 is 1. The van der Waals surface area contributed by atoms with E-state index in [0.29, 0.717) is 32.5 Å². The van der Waals surface area contributed by atoms with Crippen LogP contribution in [-0.2, 0) is 23.2 Å².